The first-order chi connectivity index (χ1) is 13.5. The molecule has 5 heteroatoms. The van der Waals surface area contributed by atoms with Crippen LogP contribution >= 0.6 is 0 Å². The summed E-state index contributed by atoms with van der Waals surface area (Å²) in [5.41, 5.74) is 5.80. The average molecular weight is 378 g/mol. The third kappa shape index (κ3) is 4.67. The second kappa shape index (κ2) is 8.85. The summed E-state index contributed by atoms with van der Waals surface area (Å²) in [5.74, 6) is 0.666. The number of rotatable bonds is 7. The number of carbonyl (C=O) groups is 1. The molecule has 0 unspecified atom stereocenters. The zero-order chi connectivity index (χ0) is 20.1. The summed E-state index contributed by atoms with van der Waals surface area (Å²) >= 11 is 0. The Morgan fingerprint density at radius 1 is 1.04 bits per heavy atom. The molecule has 1 aromatic heterocycles. The molecule has 5 nitrogen and oxygen atoms in total. The molecular weight excluding hydrogens is 352 g/mol. The van der Waals surface area contributed by atoms with Gasteiger partial charge < -0.3 is 14.2 Å². The van der Waals surface area contributed by atoms with Crippen LogP contribution < -0.4 is 0 Å². The summed E-state index contributed by atoms with van der Waals surface area (Å²) < 4.78 is 10.8. The van der Waals surface area contributed by atoms with Gasteiger partial charge in [0.2, 0.25) is 0 Å². The van der Waals surface area contributed by atoms with E-state index in [9.17, 15) is 4.79 Å². The van der Waals surface area contributed by atoms with Gasteiger partial charge in [-0.1, -0.05) is 40.5 Å². The minimum absolute atomic E-state index is 0.0478. The van der Waals surface area contributed by atoms with Crippen molar-refractivity contribution < 1.29 is 14.1 Å². The van der Waals surface area contributed by atoms with Crippen molar-refractivity contribution in [3.63, 3.8) is 0 Å². The second-order valence-corrected chi connectivity index (χ2v) is 7.09. The maximum atomic E-state index is 13.0. The lowest BCUT2D eigenvalue weighted by atomic mass is 10.0. The second-order valence-electron chi connectivity index (χ2n) is 7.09. The molecule has 0 aliphatic carbocycles. The highest BCUT2D eigenvalue weighted by Gasteiger charge is 2.18. The molecule has 28 heavy (non-hydrogen) atoms. The number of carbonyl (C=O) groups excluding carboxylic acids is 1. The van der Waals surface area contributed by atoms with E-state index < -0.39 is 0 Å². The van der Waals surface area contributed by atoms with E-state index in [1.807, 2.05) is 51.1 Å². The average Bonchev–Trinajstić information content (AvgIpc) is 3.15. The van der Waals surface area contributed by atoms with E-state index in [0.717, 1.165) is 22.3 Å². The number of amides is 1. The van der Waals surface area contributed by atoms with Crippen molar-refractivity contribution in [3.05, 3.63) is 76.5 Å². The van der Waals surface area contributed by atoms with E-state index in [1.54, 1.807) is 12.0 Å². The van der Waals surface area contributed by atoms with Gasteiger partial charge in [-0.15, -0.1) is 0 Å². The first-order valence-corrected chi connectivity index (χ1v) is 9.36. The Kier molecular flexibility index (Phi) is 6.26. The lowest BCUT2D eigenvalue weighted by Crippen LogP contribution is -2.33. The van der Waals surface area contributed by atoms with Crippen LogP contribution in [0.3, 0.4) is 0 Å². The highest BCUT2D eigenvalue weighted by Crippen LogP contribution is 2.26. The van der Waals surface area contributed by atoms with Crippen molar-refractivity contribution in [2.24, 2.45) is 0 Å². The van der Waals surface area contributed by atoms with Crippen LogP contribution in [-0.2, 0) is 11.3 Å². The van der Waals surface area contributed by atoms with Crippen molar-refractivity contribution >= 4 is 5.91 Å². The number of benzene rings is 2. The van der Waals surface area contributed by atoms with Gasteiger partial charge in [0.05, 0.1) is 13.2 Å². The number of ether oxygens (including phenoxy) is 1. The number of hydrogen-bond donors (Lipinski definition) is 0. The van der Waals surface area contributed by atoms with Crippen LogP contribution in [0.2, 0.25) is 0 Å². The van der Waals surface area contributed by atoms with Gasteiger partial charge in [0, 0.05) is 30.8 Å². The normalized spacial score (nSPS) is 10.9. The minimum atomic E-state index is -0.0478. The standard InChI is InChI=1S/C23H26N2O3/c1-16-6-9-19(10-7-16)23(26)25(11-12-27-4)15-20-14-22(28-24-20)21-13-17(2)5-8-18(21)3/h5-10,13-14H,11-12,15H2,1-4H3. The Bertz CT molecular complexity index is 945. The predicted molar refractivity (Wildman–Crippen MR) is 109 cm³/mol. The molecule has 0 saturated heterocycles. The van der Waals surface area contributed by atoms with E-state index >= 15 is 0 Å². The summed E-state index contributed by atoms with van der Waals surface area (Å²) in [6.07, 6.45) is 0. The molecular formula is C23H26N2O3. The maximum absolute atomic E-state index is 13.0. The molecule has 3 aromatic rings. The van der Waals surface area contributed by atoms with Gasteiger partial charge in [0.15, 0.2) is 5.76 Å². The van der Waals surface area contributed by atoms with Gasteiger partial charge in [0.1, 0.15) is 5.69 Å². The van der Waals surface area contributed by atoms with E-state index in [4.69, 9.17) is 9.26 Å². The highest BCUT2D eigenvalue weighted by atomic mass is 16.5. The van der Waals surface area contributed by atoms with Crippen molar-refractivity contribution in [3.8, 4) is 11.3 Å². The van der Waals surface area contributed by atoms with Gasteiger partial charge in [0.25, 0.3) is 5.91 Å². The molecule has 1 heterocycles. The van der Waals surface area contributed by atoms with Gasteiger partial charge >= 0.3 is 0 Å². The molecule has 0 fully saturated rings. The van der Waals surface area contributed by atoms with Crippen LogP contribution in [-0.4, -0.2) is 36.2 Å². The molecule has 2 aromatic carbocycles. The van der Waals surface area contributed by atoms with E-state index in [1.165, 1.54) is 0 Å². The topological polar surface area (TPSA) is 55.6 Å². The molecule has 146 valence electrons. The number of hydrogen-bond acceptors (Lipinski definition) is 4. The fraction of sp³-hybridized carbons (Fsp3) is 0.304. The molecule has 0 spiro atoms. The van der Waals surface area contributed by atoms with Crippen LogP contribution in [0, 0.1) is 20.8 Å². The first-order valence-electron chi connectivity index (χ1n) is 9.36. The Morgan fingerprint density at radius 3 is 2.46 bits per heavy atom. The van der Waals surface area contributed by atoms with Gasteiger partial charge in [-0.2, -0.15) is 0 Å². The molecule has 0 N–H and O–H groups in total. The predicted octanol–water partition coefficient (Wildman–Crippen LogP) is 4.56. The summed E-state index contributed by atoms with van der Waals surface area (Å²) in [6, 6.07) is 15.7. The quantitative estimate of drug-likeness (QED) is 0.605. The Balaban J connectivity index is 1.81. The minimum Gasteiger partial charge on any atom is -0.383 e. The highest BCUT2D eigenvalue weighted by molar-refractivity contribution is 5.94. The molecule has 0 aliphatic heterocycles. The number of aryl methyl sites for hydroxylation is 3. The number of methoxy groups -OCH3 is 1. The zero-order valence-electron chi connectivity index (χ0n) is 16.9. The molecule has 0 atom stereocenters. The molecule has 0 bridgehead atoms. The van der Waals surface area contributed by atoms with E-state index in [0.29, 0.717) is 36.7 Å². The van der Waals surface area contributed by atoms with E-state index in [2.05, 4.69) is 23.4 Å². The smallest absolute Gasteiger partial charge is 0.254 e. The Morgan fingerprint density at radius 2 is 1.75 bits per heavy atom. The fourth-order valence-electron chi connectivity index (χ4n) is 3.04. The summed E-state index contributed by atoms with van der Waals surface area (Å²) in [5, 5.41) is 4.19. The van der Waals surface area contributed by atoms with Crippen LogP contribution in [0.1, 0.15) is 32.7 Å². The summed E-state index contributed by atoms with van der Waals surface area (Å²) in [4.78, 5) is 14.7. The number of aromatic nitrogens is 1. The largest absolute Gasteiger partial charge is 0.383 e. The number of nitrogens with zero attached hydrogens (tertiary/aromatic N) is 2. The van der Waals surface area contributed by atoms with Crippen molar-refractivity contribution in [1.82, 2.24) is 10.1 Å². The van der Waals surface area contributed by atoms with Crippen molar-refractivity contribution in [1.29, 1.82) is 0 Å². The Hall–Kier alpha value is -2.92. The van der Waals surface area contributed by atoms with Crippen LogP contribution in [0.15, 0.2) is 53.1 Å². The molecule has 1 amide bonds. The summed E-state index contributed by atoms with van der Waals surface area (Å²) in [6.45, 7) is 7.40. The van der Waals surface area contributed by atoms with Gasteiger partial charge in [-0.05, 0) is 44.5 Å². The molecule has 3 rings (SSSR count). The lowest BCUT2D eigenvalue weighted by molar-refractivity contribution is 0.0676. The fourth-order valence-corrected chi connectivity index (χ4v) is 3.04. The third-order valence-electron chi connectivity index (χ3n) is 4.72. The van der Waals surface area contributed by atoms with Crippen LogP contribution in [0.25, 0.3) is 11.3 Å². The van der Waals surface area contributed by atoms with Crippen molar-refractivity contribution in [2.45, 2.75) is 27.3 Å². The van der Waals surface area contributed by atoms with Gasteiger partial charge in [-0.3, -0.25) is 4.79 Å². The van der Waals surface area contributed by atoms with Crippen LogP contribution in [0.5, 0.6) is 0 Å². The summed E-state index contributed by atoms with van der Waals surface area (Å²) in [7, 11) is 1.63. The van der Waals surface area contributed by atoms with Crippen molar-refractivity contribution in [2.75, 3.05) is 20.3 Å². The third-order valence-corrected chi connectivity index (χ3v) is 4.72. The molecule has 0 saturated carbocycles. The Labute approximate surface area is 165 Å². The first kappa shape index (κ1) is 19.8. The van der Waals surface area contributed by atoms with E-state index in [-0.39, 0.29) is 5.91 Å². The molecule has 0 radical (unpaired) electrons. The van der Waals surface area contributed by atoms with Crippen LogP contribution in [0.4, 0.5) is 0 Å². The molecule has 0 aliphatic rings. The SMILES string of the molecule is COCCN(Cc1cc(-c2cc(C)ccc2C)on1)C(=O)c1ccc(C)cc1. The maximum Gasteiger partial charge on any atom is 0.254 e. The van der Waals surface area contributed by atoms with Gasteiger partial charge in [-0.25, -0.2) is 0 Å². The zero-order valence-corrected chi connectivity index (χ0v) is 16.9. The monoisotopic (exact) mass is 378 g/mol. The lowest BCUT2D eigenvalue weighted by Gasteiger charge is -2.21.